The molecular weight excluding hydrogens is 232 g/mol. The molecule has 0 spiro atoms. The van der Waals surface area contributed by atoms with Crippen LogP contribution in [0.15, 0.2) is 24.3 Å². The van der Waals surface area contributed by atoms with Gasteiger partial charge in [0.15, 0.2) is 0 Å². The molecule has 0 saturated carbocycles. The molecule has 2 heterocycles. The van der Waals surface area contributed by atoms with Gasteiger partial charge in [0, 0.05) is 19.6 Å². The third-order valence-corrected chi connectivity index (χ3v) is 3.28. The molecule has 3 rings (SSSR count). The molecule has 0 aliphatic carbocycles. The van der Waals surface area contributed by atoms with Crippen molar-refractivity contribution in [2.45, 2.75) is 6.10 Å². The maximum absolute atomic E-state index is 12.0. The molecule has 18 heavy (non-hydrogen) atoms. The van der Waals surface area contributed by atoms with E-state index < -0.39 is 6.10 Å². The monoisotopic (exact) mass is 246 g/mol. The number of benzene rings is 1. The number of fused-ring (bicyclic) bond motifs is 1. The first-order valence-electron chi connectivity index (χ1n) is 6.02. The lowest BCUT2D eigenvalue weighted by Crippen LogP contribution is -2.39. The van der Waals surface area contributed by atoms with E-state index in [1.54, 1.807) is 24.3 Å². The molecular formula is C13H14N2O3. The van der Waals surface area contributed by atoms with Gasteiger partial charge in [-0.3, -0.25) is 19.4 Å². The molecule has 0 unspecified atom stereocenters. The molecule has 1 fully saturated rings. The Hall–Kier alpha value is -1.72. The van der Waals surface area contributed by atoms with Gasteiger partial charge in [-0.05, 0) is 12.1 Å². The Morgan fingerprint density at radius 3 is 2.11 bits per heavy atom. The Bertz CT molecular complexity index is 476. The highest BCUT2D eigenvalue weighted by molar-refractivity contribution is 6.21. The number of β-amino-alcohol motifs (C(OH)–C–C–N with tert-alkyl or cyclic N) is 1. The van der Waals surface area contributed by atoms with Crippen molar-refractivity contribution in [2.75, 3.05) is 26.2 Å². The quantitative estimate of drug-likeness (QED) is 0.598. The number of carbonyl (C=O) groups excluding carboxylic acids is 2. The number of aliphatic hydroxyl groups excluding tert-OH is 1. The van der Waals surface area contributed by atoms with Crippen LogP contribution in [-0.4, -0.2) is 59.0 Å². The predicted molar refractivity (Wildman–Crippen MR) is 64.3 cm³/mol. The van der Waals surface area contributed by atoms with Crippen LogP contribution in [-0.2, 0) is 0 Å². The molecule has 5 heteroatoms. The van der Waals surface area contributed by atoms with E-state index >= 15 is 0 Å². The lowest BCUT2D eigenvalue weighted by molar-refractivity contribution is 0.0526. The minimum absolute atomic E-state index is 0.0723. The van der Waals surface area contributed by atoms with Crippen LogP contribution in [0.2, 0.25) is 0 Å². The van der Waals surface area contributed by atoms with Crippen LogP contribution >= 0.6 is 0 Å². The molecule has 2 amide bonds. The zero-order chi connectivity index (χ0) is 12.7. The summed E-state index contributed by atoms with van der Waals surface area (Å²) in [5.74, 6) is -0.610. The van der Waals surface area contributed by atoms with Crippen molar-refractivity contribution in [3.8, 4) is 0 Å². The van der Waals surface area contributed by atoms with Crippen molar-refractivity contribution in [2.24, 2.45) is 0 Å². The van der Waals surface area contributed by atoms with Gasteiger partial charge in [-0.1, -0.05) is 12.1 Å². The summed E-state index contributed by atoms with van der Waals surface area (Å²) >= 11 is 0. The van der Waals surface area contributed by atoms with E-state index in [2.05, 4.69) is 4.90 Å². The van der Waals surface area contributed by atoms with Crippen LogP contribution < -0.4 is 0 Å². The molecule has 0 radical (unpaired) electrons. The van der Waals surface area contributed by atoms with Gasteiger partial charge in [-0.2, -0.15) is 0 Å². The van der Waals surface area contributed by atoms with Gasteiger partial charge < -0.3 is 5.11 Å². The second-order valence-corrected chi connectivity index (χ2v) is 4.72. The van der Waals surface area contributed by atoms with Gasteiger partial charge >= 0.3 is 0 Å². The van der Waals surface area contributed by atoms with Crippen LogP contribution in [0.25, 0.3) is 0 Å². The number of nitrogens with zero attached hydrogens (tertiary/aromatic N) is 2. The molecule has 2 aliphatic heterocycles. The first-order valence-corrected chi connectivity index (χ1v) is 6.02. The highest BCUT2D eigenvalue weighted by atomic mass is 16.3. The SMILES string of the molecule is O=C1c2ccccc2C(=O)N1C[C@@H](O)CN1CC1. The van der Waals surface area contributed by atoms with E-state index in [-0.39, 0.29) is 18.4 Å². The first-order chi connectivity index (χ1) is 8.66. The molecule has 1 atom stereocenters. The summed E-state index contributed by atoms with van der Waals surface area (Å²) in [7, 11) is 0. The van der Waals surface area contributed by atoms with Gasteiger partial charge in [-0.25, -0.2) is 0 Å². The highest BCUT2D eigenvalue weighted by Gasteiger charge is 2.36. The number of carbonyl (C=O) groups is 2. The standard InChI is InChI=1S/C13H14N2O3/c16-9(7-14-5-6-14)8-15-12(17)10-3-1-2-4-11(10)13(15)18/h1-4,9,16H,5-8H2/t9-/m0/s1. The Balaban J connectivity index is 1.74. The second-order valence-electron chi connectivity index (χ2n) is 4.72. The Morgan fingerprint density at radius 2 is 1.61 bits per heavy atom. The van der Waals surface area contributed by atoms with Gasteiger partial charge in [0.05, 0.1) is 23.8 Å². The third kappa shape index (κ3) is 1.91. The Labute approximate surface area is 105 Å². The Kier molecular flexibility index (Phi) is 2.65. The molecule has 2 aliphatic rings. The average molecular weight is 246 g/mol. The van der Waals surface area contributed by atoms with Crippen molar-refractivity contribution in [3.63, 3.8) is 0 Å². The molecule has 0 aromatic heterocycles. The number of hydrogen-bond donors (Lipinski definition) is 1. The van der Waals surface area contributed by atoms with Crippen molar-refractivity contribution >= 4 is 11.8 Å². The number of aliphatic hydroxyl groups is 1. The smallest absolute Gasteiger partial charge is 0.261 e. The fourth-order valence-electron chi connectivity index (χ4n) is 2.22. The van der Waals surface area contributed by atoms with E-state index in [0.29, 0.717) is 17.7 Å². The second kappa shape index (κ2) is 4.19. The molecule has 94 valence electrons. The van der Waals surface area contributed by atoms with Crippen molar-refractivity contribution < 1.29 is 14.7 Å². The fraction of sp³-hybridized carbons (Fsp3) is 0.385. The Morgan fingerprint density at radius 1 is 1.06 bits per heavy atom. The van der Waals surface area contributed by atoms with Crippen molar-refractivity contribution in [1.29, 1.82) is 0 Å². The summed E-state index contributed by atoms with van der Waals surface area (Å²) in [4.78, 5) is 27.2. The van der Waals surface area contributed by atoms with Gasteiger partial charge in [0.2, 0.25) is 0 Å². The van der Waals surface area contributed by atoms with Gasteiger partial charge in [0.1, 0.15) is 0 Å². The first kappa shape index (κ1) is 11.4. The lowest BCUT2D eigenvalue weighted by Gasteiger charge is -2.18. The zero-order valence-electron chi connectivity index (χ0n) is 9.87. The van der Waals surface area contributed by atoms with Crippen LogP contribution in [0, 0.1) is 0 Å². The molecule has 1 saturated heterocycles. The summed E-state index contributed by atoms with van der Waals surface area (Å²) < 4.78 is 0. The molecule has 1 aromatic rings. The number of imide groups is 1. The topological polar surface area (TPSA) is 60.6 Å². The maximum Gasteiger partial charge on any atom is 0.261 e. The summed E-state index contributed by atoms with van der Waals surface area (Å²) in [6.45, 7) is 2.56. The zero-order valence-corrected chi connectivity index (χ0v) is 9.87. The number of rotatable bonds is 4. The highest BCUT2D eigenvalue weighted by Crippen LogP contribution is 2.22. The van der Waals surface area contributed by atoms with E-state index in [4.69, 9.17) is 0 Å². The van der Waals surface area contributed by atoms with E-state index in [0.717, 1.165) is 18.0 Å². The summed E-state index contributed by atoms with van der Waals surface area (Å²) in [5, 5.41) is 9.85. The largest absolute Gasteiger partial charge is 0.390 e. The summed E-state index contributed by atoms with van der Waals surface area (Å²) in [6, 6.07) is 6.76. The van der Waals surface area contributed by atoms with E-state index in [9.17, 15) is 14.7 Å². The van der Waals surface area contributed by atoms with Crippen LogP contribution in [0.4, 0.5) is 0 Å². The lowest BCUT2D eigenvalue weighted by atomic mass is 10.1. The number of hydrogen-bond acceptors (Lipinski definition) is 4. The predicted octanol–water partition coefficient (Wildman–Crippen LogP) is -0.0409. The average Bonchev–Trinajstić information content (AvgIpc) is 3.14. The van der Waals surface area contributed by atoms with Crippen LogP contribution in [0.1, 0.15) is 20.7 Å². The molecule has 1 N–H and O–H groups in total. The maximum atomic E-state index is 12.0. The minimum atomic E-state index is -0.672. The minimum Gasteiger partial charge on any atom is -0.390 e. The molecule has 0 bridgehead atoms. The van der Waals surface area contributed by atoms with E-state index in [1.165, 1.54) is 0 Å². The van der Waals surface area contributed by atoms with Crippen LogP contribution in [0.5, 0.6) is 0 Å². The van der Waals surface area contributed by atoms with Gasteiger partial charge in [0.25, 0.3) is 11.8 Å². The van der Waals surface area contributed by atoms with Crippen molar-refractivity contribution in [3.05, 3.63) is 35.4 Å². The molecule has 1 aromatic carbocycles. The summed E-state index contributed by atoms with van der Waals surface area (Å²) in [5.41, 5.74) is 0.864. The fourth-order valence-corrected chi connectivity index (χ4v) is 2.22. The summed E-state index contributed by atoms with van der Waals surface area (Å²) in [6.07, 6.45) is -0.672. The third-order valence-electron chi connectivity index (χ3n) is 3.28. The number of amides is 2. The van der Waals surface area contributed by atoms with Gasteiger partial charge in [-0.15, -0.1) is 0 Å². The van der Waals surface area contributed by atoms with Crippen molar-refractivity contribution in [1.82, 2.24) is 9.80 Å². The normalized spacial score (nSPS) is 20.2. The molecule has 5 nitrogen and oxygen atoms in total. The van der Waals surface area contributed by atoms with Crippen LogP contribution in [0.3, 0.4) is 0 Å². The van der Waals surface area contributed by atoms with E-state index in [1.807, 2.05) is 0 Å².